The number of carboxylic acids is 1. The zero-order valence-corrected chi connectivity index (χ0v) is 15.0. The van der Waals surface area contributed by atoms with Crippen LogP contribution in [0.4, 0.5) is 0 Å². The van der Waals surface area contributed by atoms with Crippen LogP contribution in [0.2, 0.25) is 0 Å². The summed E-state index contributed by atoms with van der Waals surface area (Å²) in [6, 6.07) is 12.9. The molecule has 0 aliphatic carbocycles. The van der Waals surface area contributed by atoms with Gasteiger partial charge in [0, 0.05) is 28.6 Å². The monoisotopic (exact) mass is 370 g/mol. The molecule has 1 aromatic heterocycles. The molecule has 2 unspecified atom stereocenters. The van der Waals surface area contributed by atoms with Crippen LogP contribution >= 0.6 is 11.6 Å². The maximum atomic E-state index is 11.7. The number of nitrogens with one attached hydrogen (secondary N) is 2. The molecule has 0 radical (unpaired) electrons. The summed E-state index contributed by atoms with van der Waals surface area (Å²) in [6.45, 7) is 0. The minimum atomic E-state index is -0.850. The number of benzene rings is 2. The van der Waals surface area contributed by atoms with E-state index in [1.54, 1.807) is 7.11 Å². The molecule has 5 nitrogen and oxygen atoms in total. The molecule has 0 bridgehead atoms. The molecular formula is C20H19ClN2O3. The molecule has 0 saturated carbocycles. The van der Waals surface area contributed by atoms with E-state index in [9.17, 15) is 9.90 Å². The first-order valence-corrected chi connectivity index (χ1v) is 8.97. The standard InChI is InChI=1S/C20H19ClN2O3/c1-26-17-7-6-11(8-12(17)10-21)18-19-14(9-16(23-18)20(24)25)13-4-2-3-5-15(13)22-19/h2-8,16,18,22-23H,9-10H2,1H3,(H,24,25). The molecule has 134 valence electrons. The van der Waals surface area contributed by atoms with Crippen molar-refractivity contribution < 1.29 is 14.6 Å². The molecular weight excluding hydrogens is 352 g/mol. The van der Waals surface area contributed by atoms with Crippen molar-refractivity contribution in [3.05, 3.63) is 64.8 Å². The number of para-hydroxylation sites is 1. The maximum Gasteiger partial charge on any atom is 0.321 e. The zero-order chi connectivity index (χ0) is 18.3. The van der Waals surface area contributed by atoms with Gasteiger partial charge in [-0.3, -0.25) is 10.1 Å². The highest BCUT2D eigenvalue weighted by atomic mass is 35.5. The van der Waals surface area contributed by atoms with Crippen LogP contribution in [0.3, 0.4) is 0 Å². The lowest BCUT2D eigenvalue weighted by Gasteiger charge is -2.30. The van der Waals surface area contributed by atoms with Crippen LogP contribution in [0, 0.1) is 0 Å². The SMILES string of the molecule is COc1ccc(C2NC(C(=O)O)Cc3c2[nH]c2ccccc32)cc1CCl. The van der Waals surface area contributed by atoms with Gasteiger partial charge in [0.05, 0.1) is 19.0 Å². The fourth-order valence-corrected chi connectivity index (χ4v) is 3.95. The van der Waals surface area contributed by atoms with Crippen LogP contribution in [-0.2, 0) is 17.1 Å². The first-order chi connectivity index (χ1) is 12.6. The predicted molar refractivity (Wildman–Crippen MR) is 101 cm³/mol. The molecule has 26 heavy (non-hydrogen) atoms. The van der Waals surface area contributed by atoms with Crippen molar-refractivity contribution in [2.75, 3.05) is 7.11 Å². The molecule has 0 fully saturated rings. The highest BCUT2D eigenvalue weighted by Gasteiger charge is 2.34. The quantitative estimate of drug-likeness (QED) is 0.613. The molecule has 4 rings (SSSR count). The fraction of sp³-hybridized carbons (Fsp3) is 0.250. The van der Waals surface area contributed by atoms with Crippen LogP contribution in [0.5, 0.6) is 5.75 Å². The summed E-state index contributed by atoms with van der Waals surface area (Å²) in [6.07, 6.45) is 0.448. The topological polar surface area (TPSA) is 74.3 Å². The third-order valence-electron chi connectivity index (χ3n) is 4.99. The maximum absolute atomic E-state index is 11.7. The van der Waals surface area contributed by atoms with E-state index in [0.29, 0.717) is 12.3 Å². The Morgan fingerprint density at radius 3 is 2.85 bits per heavy atom. The number of H-pyrrole nitrogens is 1. The van der Waals surface area contributed by atoms with Gasteiger partial charge in [0.25, 0.3) is 0 Å². The molecule has 3 aromatic rings. The summed E-state index contributed by atoms with van der Waals surface area (Å²) < 4.78 is 5.35. The number of alkyl halides is 1. The summed E-state index contributed by atoms with van der Waals surface area (Å²) >= 11 is 6.06. The van der Waals surface area contributed by atoms with E-state index in [2.05, 4.69) is 10.3 Å². The Morgan fingerprint density at radius 1 is 1.31 bits per heavy atom. The second kappa shape index (κ2) is 6.67. The minimum Gasteiger partial charge on any atom is -0.496 e. The first kappa shape index (κ1) is 16.9. The summed E-state index contributed by atoms with van der Waals surface area (Å²) in [4.78, 5) is 15.2. The smallest absolute Gasteiger partial charge is 0.321 e. The summed E-state index contributed by atoms with van der Waals surface area (Å²) in [5.74, 6) is 0.203. The van der Waals surface area contributed by atoms with Gasteiger partial charge in [-0.2, -0.15) is 0 Å². The molecule has 2 heterocycles. The number of aliphatic carboxylic acids is 1. The Kier molecular flexibility index (Phi) is 4.34. The van der Waals surface area contributed by atoms with Gasteiger partial charge in [0.15, 0.2) is 0 Å². The molecule has 1 aliphatic rings. The van der Waals surface area contributed by atoms with E-state index in [4.69, 9.17) is 16.3 Å². The van der Waals surface area contributed by atoms with Crippen molar-refractivity contribution in [2.24, 2.45) is 0 Å². The van der Waals surface area contributed by atoms with Gasteiger partial charge in [-0.05, 0) is 29.3 Å². The van der Waals surface area contributed by atoms with Gasteiger partial charge in [-0.15, -0.1) is 11.6 Å². The number of hydrogen-bond acceptors (Lipinski definition) is 3. The number of hydrogen-bond donors (Lipinski definition) is 3. The van der Waals surface area contributed by atoms with E-state index in [1.165, 1.54) is 0 Å². The highest BCUT2D eigenvalue weighted by Crippen LogP contribution is 2.36. The normalized spacial score (nSPS) is 19.3. The van der Waals surface area contributed by atoms with E-state index < -0.39 is 12.0 Å². The number of carboxylic acid groups (broad SMARTS) is 1. The Balaban J connectivity index is 1.87. The summed E-state index contributed by atoms with van der Waals surface area (Å²) in [5, 5.41) is 13.9. The molecule has 0 spiro atoms. The lowest BCUT2D eigenvalue weighted by molar-refractivity contribution is -0.139. The second-order valence-electron chi connectivity index (χ2n) is 6.46. The number of methoxy groups -OCH3 is 1. The van der Waals surface area contributed by atoms with Gasteiger partial charge in [0.2, 0.25) is 0 Å². The number of rotatable bonds is 4. The number of carbonyl (C=O) groups is 1. The minimum absolute atomic E-state index is 0.250. The van der Waals surface area contributed by atoms with E-state index in [1.807, 2.05) is 42.5 Å². The van der Waals surface area contributed by atoms with Gasteiger partial charge in [-0.25, -0.2) is 0 Å². The van der Waals surface area contributed by atoms with Crippen molar-refractivity contribution in [3.8, 4) is 5.75 Å². The van der Waals surface area contributed by atoms with Gasteiger partial charge in [-0.1, -0.05) is 24.3 Å². The lowest BCUT2D eigenvalue weighted by atomic mass is 9.90. The summed E-state index contributed by atoms with van der Waals surface area (Å²) in [5.41, 5.74) is 4.92. The average Bonchev–Trinajstić information content (AvgIpc) is 3.05. The van der Waals surface area contributed by atoms with Crippen LogP contribution in [0.1, 0.15) is 28.4 Å². The van der Waals surface area contributed by atoms with Crippen molar-refractivity contribution in [3.63, 3.8) is 0 Å². The Bertz CT molecular complexity index is 982. The van der Waals surface area contributed by atoms with E-state index in [-0.39, 0.29) is 6.04 Å². The van der Waals surface area contributed by atoms with Crippen molar-refractivity contribution in [1.82, 2.24) is 10.3 Å². The molecule has 2 aromatic carbocycles. The van der Waals surface area contributed by atoms with Crippen molar-refractivity contribution >= 4 is 28.5 Å². The van der Waals surface area contributed by atoms with E-state index >= 15 is 0 Å². The average molecular weight is 371 g/mol. The number of aromatic amines is 1. The Hall–Kier alpha value is -2.50. The molecule has 0 saturated heterocycles. The summed E-state index contributed by atoms with van der Waals surface area (Å²) in [7, 11) is 1.61. The van der Waals surface area contributed by atoms with Crippen molar-refractivity contribution in [1.29, 1.82) is 0 Å². The molecule has 6 heteroatoms. The number of fused-ring (bicyclic) bond motifs is 3. The van der Waals surface area contributed by atoms with Gasteiger partial charge in [0.1, 0.15) is 11.8 Å². The molecule has 1 aliphatic heterocycles. The fourth-order valence-electron chi connectivity index (χ4n) is 3.74. The third kappa shape index (κ3) is 2.73. The molecule has 3 N–H and O–H groups in total. The van der Waals surface area contributed by atoms with Crippen LogP contribution in [0.25, 0.3) is 10.9 Å². The predicted octanol–water partition coefficient (Wildman–Crippen LogP) is 3.60. The number of ether oxygens (including phenoxy) is 1. The molecule has 2 atom stereocenters. The first-order valence-electron chi connectivity index (χ1n) is 8.43. The van der Waals surface area contributed by atoms with Gasteiger partial charge < -0.3 is 14.8 Å². The third-order valence-corrected chi connectivity index (χ3v) is 5.28. The molecule has 0 amide bonds. The lowest BCUT2D eigenvalue weighted by Crippen LogP contribution is -2.45. The Morgan fingerprint density at radius 2 is 2.12 bits per heavy atom. The Labute approximate surface area is 155 Å². The van der Waals surface area contributed by atoms with Gasteiger partial charge >= 0.3 is 5.97 Å². The number of halogens is 1. The zero-order valence-electron chi connectivity index (χ0n) is 14.3. The largest absolute Gasteiger partial charge is 0.496 e. The van der Waals surface area contributed by atoms with Crippen LogP contribution < -0.4 is 10.1 Å². The van der Waals surface area contributed by atoms with E-state index in [0.717, 1.165) is 39.0 Å². The van der Waals surface area contributed by atoms with Crippen LogP contribution in [-0.4, -0.2) is 29.2 Å². The van der Waals surface area contributed by atoms with Crippen LogP contribution in [0.15, 0.2) is 42.5 Å². The highest BCUT2D eigenvalue weighted by molar-refractivity contribution is 6.17. The second-order valence-corrected chi connectivity index (χ2v) is 6.73. The number of aromatic nitrogens is 1. The van der Waals surface area contributed by atoms with Crippen molar-refractivity contribution in [2.45, 2.75) is 24.4 Å².